The molecule has 1 aliphatic heterocycles. The first kappa shape index (κ1) is 20.8. The minimum Gasteiger partial charge on any atom is -0.489 e. The Kier molecular flexibility index (Phi) is 6.30. The van der Waals surface area contributed by atoms with Crippen LogP contribution >= 0.6 is 23.2 Å². The molecule has 3 amide bonds. The van der Waals surface area contributed by atoms with Crippen molar-refractivity contribution in [2.45, 2.75) is 44.8 Å². The third-order valence-electron chi connectivity index (χ3n) is 5.43. The SMILES string of the molecule is O=C1N/C(=C\c2ccc(OCc3ccc(Cl)c(Cl)c3)cc2)C(=O)N1C1CCCCC1. The van der Waals surface area contributed by atoms with Crippen molar-refractivity contribution in [1.82, 2.24) is 10.2 Å². The maximum absolute atomic E-state index is 12.7. The van der Waals surface area contributed by atoms with E-state index in [0.717, 1.165) is 36.8 Å². The number of carbonyl (C=O) groups is 2. The van der Waals surface area contributed by atoms with E-state index in [9.17, 15) is 9.59 Å². The largest absolute Gasteiger partial charge is 0.489 e. The smallest absolute Gasteiger partial charge is 0.329 e. The highest BCUT2D eigenvalue weighted by Gasteiger charge is 2.38. The van der Waals surface area contributed by atoms with Crippen LogP contribution in [-0.4, -0.2) is 22.9 Å². The van der Waals surface area contributed by atoms with Crippen molar-refractivity contribution in [3.63, 3.8) is 0 Å². The molecule has 1 aliphatic carbocycles. The Morgan fingerprint density at radius 2 is 1.73 bits per heavy atom. The Bertz CT molecular complexity index is 982. The van der Waals surface area contributed by atoms with Gasteiger partial charge in [-0.15, -0.1) is 0 Å². The van der Waals surface area contributed by atoms with Crippen LogP contribution in [0.15, 0.2) is 48.2 Å². The Morgan fingerprint density at radius 1 is 1.00 bits per heavy atom. The molecular formula is C23H22Cl2N2O3. The lowest BCUT2D eigenvalue weighted by atomic mass is 9.94. The first-order chi connectivity index (χ1) is 14.5. The molecule has 4 rings (SSSR count). The fourth-order valence-corrected chi connectivity index (χ4v) is 4.16. The Balaban J connectivity index is 1.40. The summed E-state index contributed by atoms with van der Waals surface area (Å²) in [6.07, 6.45) is 6.76. The maximum Gasteiger partial charge on any atom is 0.329 e. The minimum absolute atomic E-state index is 0.00861. The van der Waals surface area contributed by atoms with Crippen molar-refractivity contribution in [1.29, 1.82) is 0 Å². The van der Waals surface area contributed by atoms with Crippen molar-refractivity contribution in [3.8, 4) is 5.75 Å². The van der Waals surface area contributed by atoms with Gasteiger partial charge in [-0.2, -0.15) is 0 Å². The van der Waals surface area contributed by atoms with E-state index < -0.39 is 0 Å². The maximum atomic E-state index is 12.7. The molecule has 1 N–H and O–H groups in total. The number of imide groups is 1. The number of halogens is 2. The van der Waals surface area contributed by atoms with E-state index in [0.29, 0.717) is 28.1 Å². The summed E-state index contributed by atoms with van der Waals surface area (Å²) < 4.78 is 5.78. The van der Waals surface area contributed by atoms with Gasteiger partial charge in [0.2, 0.25) is 0 Å². The van der Waals surface area contributed by atoms with Crippen LogP contribution in [0.4, 0.5) is 4.79 Å². The molecule has 2 aromatic carbocycles. The van der Waals surface area contributed by atoms with Gasteiger partial charge in [0.25, 0.3) is 5.91 Å². The zero-order chi connectivity index (χ0) is 21.1. The fraction of sp³-hybridized carbons (Fsp3) is 0.304. The molecule has 0 bridgehead atoms. The first-order valence-corrected chi connectivity index (χ1v) is 10.8. The van der Waals surface area contributed by atoms with Crippen molar-refractivity contribution in [2.24, 2.45) is 0 Å². The molecule has 1 saturated heterocycles. The standard InChI is InChI=1S/C23H22Cl2N2O3/c24-19-11-8-16(12-20(19)25)14-30-18-9-6-15(7-10-18)13-21-22(28)27(23(29)26-21)17-4-2-1-3-5-17/h6-13,17H,1-5,14H2,(H,26,29)/b21-13-. The predicted octanol–water partition coefficient (Wildman–Crippen LogP) is 5.80. The van der Waals surface area contributed by atoms with E-state index in [1.54, 1.807) is 18.2 Å². The van der Waals surface area contributed by atoms with Crippen molar-refractivity contribution < 1.29 is 14.3 Å². The van der Waals surface area contributed by atoms with Crippen LogP contribution in [0.5, 0.6) is 5.75 Å². The fourth-order valence-electron chi connectivity index (χ4n) is 3.84. The molecule has 1 saturated carbocycles. The lowest BCUT2D eigenvalue weighted by molar-refractivity contribution is -0.124. The number of nitrogens with one attached hydrogen (secondary N) is 1. The van der Waals surface area contributed by atoms with Gasteiger partial charge in [-0.25, -0.2) is 4.79 Å². The molecule has 5 nitrogen and oxygen atoms in total. The molecule has 7 heteroatoms. The van der Waals surface area contributed by atoms with Gasteiger partial charge >= 0.3 is 6.03 Å². The number of nitrogens with zero attached hydrogens (tertiary/aromatic N) is 1. The second kappa shape index (κ2) is 9.11. The van der Waals surface area contributed by atoms with Gasteiger partial charge in [-0.3, -0.25) is 9.69 Å². The van der Waals surface area contributed by atoms with Crippen LogP contribution in [0.2, 0.25) is 10.0 Å². The number of hydrogen-bond acceptors (Lipinski definition) is 3. The van der Waals surface area contributed by atoms with Crippen LogP contribution in [0.25, 0.3) is 6.08 Å². The Morgan fingerprint density at radius 3 is 2.43 bits per heavy atom. The van der Waals surface area contributed by atoms with Crippen molar-refractivity contribution in [2.75, 3.05) is 0 Å². The monoisotopic (exact) mass is 444 g/mol. The van der Waals surface area contributed by atoms with Gasteiger partial charge in [0.15, 0.2) is 0 Å². The topological polar surface area (TPSA) is 58.6 Å². The normalized spacial score (nSPS) is 18.7. The van der Waals surface area contributed by atoms with E-state index in [1.807, 2.05) is 30.3 Å². The minimum atomic E-state index is -0.320. The highest BCUT2D eigenvalue weighted by atomic mass is 35.5. The van der Waals surface area contributed by atoms with Crippen LogP contribution < -0.4 is 10.1 Å². The van der Waals surface area contributed by atoms with E-state index in [4.69, 9.17) is 27.9 Å². The molecule has 0 radical (unpaired) electrons. The van der Waals surface area contributed by atoms with Crippen molar-refractivity contribution >= 4 is 41.2 Å². The van der Waals surface area contributed by atoms with Gasteiger partial charge < -0.3 is 10.1 Å². The third-order valence-corrected chi connectivity index (χ3v) is 6.17. The highest BCUT2D eigenvalue weighted by molar-refractivity contribution is 6.42. The molecule has 2 aliphatic rings. The summed E-state index contributed by atoms with van der Waals surface area (Å²) in [5, 5.41) is 3.71. The van der Waals surface area contributed by atoms with E-state index in [-0.39, 0.29) is 18.0 Å². The second-order valence-corrected chi connectivity index (χ2v) is 8.38. The molecule has 2 aromatic rings. The Hall–Kier alpha value is -2.50. The van der Waals surface area contributed by atoms with E-state index in [1.165, 1.54) is 11.3 Å². The molecule has 156 valence electrons. The van der Waals surface area contributed by atoms with Crippen LogP contribution in [0, 0.1) is 0 Å². The summed E-state index contributed by atoms with van der Waals surface area (Å²) in [4.78, 5) is 26.4. The number of hydrogen-bond donors (Lipinski definition) is 1. The van der Waals surface area contributed by atoms with Crippen LogP contribution in [-0.2, 0) is 11.4 Å². The molecule has 0 spiro atoms. The lowest BCUT2D eigenvalue weighted by Crippen LogP contribution is -2.41. The van der Waals surface area contributed by atoms with Gasteiger partial charge in [-0.1, -0.05) is 60.7 Å². The third kappa shape index (κ3) is 4.63. The number of benzene rings is 2. The lowest BCUT2D eigenvalue weighted by Gasteiger charge is -2.28. The zero-order valence-electron chi connectivity index (χ0n) is 16.4. The predicted molar refractivity (Wildman–Crippen MR) is 117 cm³/mol. The summed E-state index contributed by atoms with van der Waals surface area (Å²) in [7, 11) is 0. The number of urea groups is 1. The summed E-state index contributed by atoms with van der Waals surface area (Å²) in [5.41, 5.74) is 2.04. The molecule has 0 atom stereocenters. The molecule has 30 heavy (non-hydrogen) atoms. The average molecular weight is 445 g/mol. The van der Waals surface area contributed by atoms with E-state index >= 15 is 0 Å². The quantitative estimate of drug-likeness (QED) is 0.468. The molecule has 1 heterocycles. The van der Waals surface area contributed by atoms with Crippen molar-refractivity contribution in [3.05, 3.63) is 69.3 Å². The summed E-state index contributed by atoms with van der Waals surface area (Å²) >= 11 is 12.0. The highest BCUT2D eigenvalue weighted by Crippen LogP contribution is 2.27. The molecular weight excluding hydrogens is 423 g/mol. The Labute approximate surface area is 185 Å². The molecule has 2 fully saturated rings. The molecule has 0 unspecified atom stereocenters. The number of ether oxygens (including phenoxy) is 1. The summed E-state index contributed by atoms with van der Waals surface area (Å²) in [6.45, 7) is 0.363. The number of carbonyl (C=O) groups excluding carboxylic acids is 2. The van der Waals surface area contributed by atoms with Crippen LogP contribution in [0.1, 0.15) is 43.2 Å². The zero-order valence-corrected chi connectivity index (χ0v) is 17.9. The first-order valence-electron chi connectivity index (χ1n) is 10.0. The van der Waals surface area contributed by atoms with Gasteiger partial charge in [0.05, 0.1) is 10.0 Å². The molecule has 0 aromatic heterocycles. The second-order valence-electron chi connectivity index (χ2n) is 7.56. The summed E-state index contributed by atoms with van der Waals surface area (Å²) in [5.74, 6) is 0.445. The van der Waals surface area contributed by atoms with Gasteiger partial charge in [0.1, 0.15) is 18.1 Å². The average Bonchev–Trinajstić information content (AvgIpc) is 3.03. The number of amides is 3. The van der Waals surface area contributed by atoms with Crippen LogP contribution in [0.3, 0.4) is 0 Å². The van der Waals surface area contributed by atoms with Gasteiger partial charge in [-0.05, 0) is 54.3 Å². The number of rotatable bonds is 5. The summed E-state index contributed by atoms with van der Waals surface area (Å²) in [6, 6.07) is 12.4. The van der Waals surface area contributed by atoms with E-state index in [2.05, 4.69) is 5.32 Å². The van der Waals surface area contributed by atoms with Gasteiger partial charge in [0, 0.05) is 6.04 Å².